The van der Waals surface area contributed by atoms with E-state index in [-0.39, 0.29) is 21.7 Å². The number of hydrogen-bond donors (Lipinski definition) is 1. The second kappa shape index (κ2) is 9.69. The van der Waals surface area contributed by atoms with E-state index in [1.165, 1.54) is 6.08 Å². The number of ether oxygens (including phenoxy) is 3. The molecule has 0 bridgehead atoms. The highest BCUT2D eigenvalue weighted by Crippen LogP contribution is 2.30. The largest absolute Gasteiger partial charge is 0.497 e. The van der Waals surface area contributed by atoms with E-state index in [1.807, 2.05) is 18.2 Å². The molecule has 0 aliphatic carbocycles. The third kappa shape index (κ3) is 5.13. The molecule has 2 aromatic carbocycles. The number of nitrogens with zero attached hydrogens (tertiary/aromatic N) is 3. The summed E-state index contributed by atoms with van der Waals surface area (Å²) >= 11 is 0.752. The van der Waals surface area contributed by atoms with Gasteiger partial charge >= 0.3 is 0 Å². The predicted molar refractivity (Wildman–Crippen MR) is 130 cm³/mol. The van der Waals surface area contributed by atoms with Crippen molar-refractivity contribution in [3.63, 3.8) is 0 Å². The zero-order valence-corrected chi connectivity index (χ0v) is 19.9. The molecule has 0 saturated carbocycles. The van der Waals surface area contributed by atoms with Crippen molar-refractivity contribution < 1.29 is 27.4 Å². The highest BCUT2D eigenvalue weighted by Gasteiger charge is 2.41. The maximum absolute atomic E-state index is 12.4. The number of carbonyl (C=O) groups excluding carboxylic acids is 1. The van der Waals surface area contributed by atoms with E-state index in [0.29, 0.717) is 36.0 Å². The van der Waals surface area contributed by atoms with Crippen molar-refractivity contribution in [1.29, 1.82) is 5.41 Å². The first kappa shape index (κ1) is 23.5. The lowest BCUT2D eigenvalue weighted by molar-refractivity contribution is -0.114. The first-order valence-corrected chi connectivity index (χ1v) is 12.6. The van der Waals surface area contributed by atoms with Crippen molar-refractivity contribution in [2.24, 2.45) is 9.39 Å². The SMILES string of the molecule is COc1cccc(OCCOc2ccc(/C=C3/C(=N)N4C(=NC3=O)SN=C4S(C)(=O)=O)cc2)c1. The van der Waals surface area contributed by atoms with Gasteiger partial charge in [0.2, 0.25) is 20.2 Å². The topological polar surface area (TPSA) is 131 Å². The second-order valence-corrected chi connectivity index (χ2v) is 9.76. The molecule has 2 aliphatic heterocycles. The Kier molecular flexibility index (Phi) is 6.70. The van der Waals surface area contributed by atoms with Crippen LogP contribution in [0.15, 0.2) is 63.5 Å². The molecule has 2 heterocycles. The van der Waals surface area contributed by atoms with Crippen LogP contribution in [0, 0.1) is 5.41 Å². The summed E-state index contributed by atoms with van der Waals surface area (Å²) in [7, 11) is -2.11. The van der Waals surface area contributed by atoms with Gasteiger partial charge in [-0.1, -0.05) is 18.2 Å². The minimum atomic E-state index is -3.70. The van der Waals surface area contributed by atoms with E-state index in [2.05, 4.69) is 9.39 Å². The molecule has 34 heavy (non-hydrogen) atoms. The fourth-order valence-corrected chi connectivity index (χ4v) is 4.92. The molecule has 0 radical (unpaired) electrons. The zero-order valence-electron chi connectivity index (χ0n) is 18.2. The summed E-state index contributed by atoms with van der Waals surface area (Å²) in [5.74, 6) is 1.06. The number of rotatable bonds is 7. The molecule has 1 amide bonds. The van der Waals surface area contributed by atoms with Gasteiger partial charge < -0.3 is 14.2 Å². The standard InChI is InChI=1S/C22H20N4O6S2/c1-30-16-4-3-5-17(13-16)32-11-10-31-15-8-6-14(7-9-15)12-18-19(23)26-21(24-20(18)27)33-25-22(26)34(2,28)29/h3-9,12-13,23H,10-11H2,1-2H3/b18-12-,23-19?. The average molecular weight is 501 g/mol. The first-order valence-electron chi connectivity index (χ1n) is 9.95. The van der Waals surface area contributed by atoms with Gasteiger partial charge in [0.25, 0.3) is 5.91 Å². The summed E-state index contributed by atoms with van der Waals surface area (Å²) in [6.45, 7) is 0.654. The van der Waals surface area contributed by atoms with Crippen LogP contribution in [0.25, 0.3) is 6.08 Å². The van der Waals surface area contributed by atoms with Crippen molar-refractivity contribution in [3.05, 3.63) is 59.7 Å². The van der Waals surface area contributed by atoms with Crippen molar-refractivity contribution in [2.45, 2.75) is 0 Å². The summed E-state index contributed by atoms with van der Waals surface area (Å²) in [4.78, 5) is 17.4. The molecule has 12 heteroatoms. The number of carbonyl (C=O) groups is 1. The van der Waals surface area contributed by atoms with Crippen LogP contribution in [0.2, 0.25) is 0 Å². The van der Waals surface area contributed by atoms with Crippen LogP contribution in [0.1, 0.15) is 5.56 Å². The number of fused-ring (bicyclic) bond motifs is 1. The van der Waals surface area contributed by atoms with Crippen molar-refractivity contribution in [3.8, 4) is 17.2 Å². The number of methoxy groups -OCH3 is 1. The molecular weight excluding hydrogens is 480 g/mol. The first-order chi connectivity index (χ1) is 16.3. The van der Waals surface area contributed by atoms with Crippen LogP contribution in [-0.2, 0) is 14.6 Å². The summed E-state index contributed by atoms with van der Waals surface area (Å²) in [6, 6.07) is 14.2. The summed E-state index contributed by atoms with van der Waals surface area (Å²) in [6.07, 6.45) is 2.46. The summed E-state index contributed by atoms with van der Waals surface area (Å²) in [5.41, 5.74) is 0.583. The smallest absolute Gasteiger partial charge is 0.283 e. The lowest BCUT2D eigenvalue weighted by atomic mass is 10.1. The molecule has 0 atom stereocenters. The van der Waals surface area contributed by atoms with Gasteiger partial charge in [-0.2, -0.15) is 9.39 Å². The van der Waals surface area contributed by atoms with Crippen molar-refractivity contribution in [1.82, 2.24) is 4.90 Å². The molecular formula is C22H20N4O6S2. The maximum atomic E-state index is 12.4. The average Bonchev–Trinajstić information content (AvgIpc) is 3.25. The minimum Gasteiger partial charge on any atom is -0.497 e. The van der Waals surface area contributed by atoms with Crippen LogP contribution < -0.4 is 14.2 Å². The highest BCUT2D eigenvalue weighted by atomic mass is 32.2. The molecule has 2 aromatic rings. The van der Waals surface area contributed by atoms with Crippen LogP contribution >= 0.6 is 11.9 Å². The van der Waals surface area contributed by atoms with Gasteiger partial charge in [0.05, 0.1) is 24.6 Å². The Labute approximate surface area is 200 Å². The summed E-state index contributed by atoms with van der Waals surface area (Å²) in [5, 5.41) is 8.09. The number of amidine groups is 3. The van der Waals surface area contributed by atoms with E-state index < -0.39 is 15.7 Å². The van der Waals surface area contributed by atoms with E-state index in [4.69, 9.17) is 19.6 Å². The molecule has 2 aliphatic rings. The Balaban J connectivity index is 1.39. The van der Waals surface area contributed by atoms with Gasteiger partial charge in [0.15, 0.2) is 0 Å². The molecule has 0 spiro atoms. The Morgan fingerprint density at radius 3 is 2.41 bits per heavy atom. The van der Waals surface area contributed by atoms with Crippen LogP contribution in [-0.4, -0.2) is 62.0 Å². The molecule has 176 valence electrons. The number of amides is 1. The van der Waals surface area contributed by atoms with Crippen LogP contribution in [0.4, 0.5) is 0 Å². The zero-order chi connectivity index (χ0) is 24.3. The molecule has 0 fully saturated rings. The van der Waals surface area contributed by atoms with E-state index in [0.717, 1.165) is 23.1 Å². The lowest BCUT2D eigenvalue weighted by Crippen LogP contribution is -2.45. The monoisotopic (exact) mass is 500 g/mol. The molecule has 0 saturated heterocycles. The number of nitrogens with one attached hydrogen (secondary N) is 1. The number of aliphatic imine (C=N–C) groups is 1. The predicted octanol–water partition coefficient (Wildman–Crippen LogP) is 2.77. The Bertz CT molecular complexity index is 1330. The number of sulfone groups is 1. The second-order valence-electron chi connectivity index (χ2n) is 7.12. The van der Waals surface area contributed by atoms with Gasteiger partial charge in [-0.3, -0.25) is 10.2 Å². The van der Waals surface area contributed by atoms with Gasteiger partial charge in [0, 0.05) is 12.3 Å². The Morgan fingerprint density at radius 1 is 1.06 bits per heavy atom. The van der Waals surface area contributed by atoms with Crippen molar-refractivity contribution >= 4 is 49.9 Å². The molecule has 4 rings (SSSR count). The van der Waals surface area contributed by atoms with Crippen LogP contribution in [0.5, 0.6) is 17.2 Å². The third-order valence-corrected chi connectivity index (χ3v) is 6.43. The van der Waals surface area contributed by atoms with Gasteiger partial charge in [-0.15, -0.1) is 0 Å². The Morgan fingerprint density at radius 2 is 1.74 bits per heavy atom. The van der Waals surface area contributed by atoms with E-state index in [1.54, 1.807) is 37.4 Å². The van der Waals surface area contributed by atoms with Crippen molar-refractivity contribution in [2.75, 3.05) is 26.6 Å². The molecule has 0 unspecified atom stereocenters. The summed E-state index contributed by atoms with van der Waals surface area (Å²) < 4.78 is 44.2. The van der Waals surface area contributed by atoms with Gasteiger partial charge in [0.1, 0.15) is 36.3 Å². The number of benzene rings is 2. The molecule has 10 nitrogen and oxygen atoms in total. The molecule has 1 N–H and O–H groups in total. The normalized spacial score (nSPS) is 16.8. The fourth-order valence-electron chi connectivity index (χ4n) is 3.07. The highest BCUT2D eigenvalue weighted by molar-refractivity contribution is 8.16. The molecule has 0 aromatic heterocycles. The van der Waals surface area contributed by atoms with Crippen LogP contribution in [0.3, 0.4) is 0 Å². The fraction of sp³-hybridized carbons (Fsp3) is 0.182. The van der Waals surface area contributed by atoms with Gasteiger partial charge in [-0.05, 0) is 35.9 Å². The lowest BCUT2D eigenvalue weighted by Gasteiger charge is -2.23. The third-order valence-electron chi connectivity index (χ3n) is 4.68. The maximum Gasteiger partial charge on any atom is 0.283 e. The van der Waals surface area contributed by atoms with Gasteiger partial charge in [-0.25, -0.2) is 13.3 Å². The number of hydrogen-bond acceptors (Lipinski definition) is 9. The van der Waals surface area contributed by atoms with E-state index >= 15 is 0 Å². The Hall–Kier alpha value is -3.64. The van der Waals surface area contributed by atoms with E-state index in [9.17, 15) is 13.2 Å². The minimum absolute atomic E-state index is 0.0389. The quantitative estimate of drug-likeness (QED) is 0.349.